The minimum atomic E-state index is 0.763. The van der Waals surface area contributed by atoms with Crippen molar-refractivity contribution in [3.05, 3.63) is 207 Å². The molecule has 0 atom stereocenters. The molecular formula is C56H34N4O2. The molecule has 6 heterocycles. The number of pyridine rings is 4. The van der Waals surface area contributed by atoms with Crippen LogP contribution in [-0.4, -0.2) is 19.9 Å². The molecule has 6 nitrogen and oxygen atoms in total. The van der Waals surface area contributed by atoms with Crippen LogP contribution in [0.3, 0.4) is 0 Å². The number of aromatic nitrogens is 4. The zero-order valence-corrected chi connectivity index (χ0v) is 33.2. The normalized spacial score (nSPS) is 11.5. The Labute approximate surface area is 356 Å². The largest absolute Gasteiger partial charge is 0.455 e. The van der Waals surface area contributed by atoms with E-state index in [1.807, 2.05) is 85.2 Å². The fraction of sp³-hybridized carbons (Fsp3) is 0. The molecule has 0 aliphatic carbocycles. The zero-order chi connectivity index (χ0) is 41.0. The van der Waals surface area contributed by atoms with Crippen molar-refractivity contribution in [3.63, 3.8) is 0 Å². The van der Waals surface area contributed by atoms with E-state index < -0.39 is 0 Å². The summed E-state index contributed by atoms with van der Waals surface area (Å²) in [4.78, 5) is 19.6. The van der Waals surface area contributed by atoms with Gasteiger partial charge in [-0.05, 0) is 107 Å². The highest BCUT2D eigenvalue weighted by molar-refractivity contribution is 6.12. The van der Waals surface area contributed by atoms with Crippen molar-refractivity contribution in [1.82, 2.24) is 19.9 Å². The summed E-state index contributed by atoms with van der Waals surface area (Å²) in [5.74, 6) is 0. The van der Waals surface area contributed by atoms with Gasteiger partial charge < -0.3 is 8.83 Å². The first-order valence-corrected chi connectivity index (χ1v) is 20.6. The van der Waals surface area contributed by atoms with Crippen LogP contribution >= 0.6 is 0 Å². The third kappa shape index (κ3) is 6.04. The number of para-hydroxylation sites is 2. The summed E-state index contributed by atoms with van der Waals surface area (Å²) in [6.45, 7) is 0. The van der Waals surface area contributed by atoms with Crippen LogP contribution in [0.15, 0.2) is 215 Å². The molecule has 6 aromatic heterocycles. The Morgan fingerprint density at radius 3 is 1.11 bits per heavy atom. The van der Waals surface area contributed by atoms with Crippen LogP contribution in [0.1, 0.15) is 0 Å². The van der Waals surface area contributed by atoms with E-state index in [4.69, 9.17) is 18.8 Å². The smallest absolute Gasteiger partial charge is 0.144 e. The number of rotatable bonds is 7. The molecule has 12 rings (SSSR count). The minimum absolute atomic E-state index is 0.763. The van der Waals surface area contributed by atoms with Crippen LogP contribution < -0.4 is 0 Å². The predicted molar refractivity (Wildman–Crippen MR) is 250 cm³/mol. The van der Waals surface area contributed by atoms with Crippen molar-refractivity contribution in [1.29, 1.82) is 0 Å². The van der Waals surface area contributed by atoms with Crippen LogP contribution in [-0.2, 0) is 0 Å². The fourth-order valence-electron chi connectivity index (χ4n) is 8.75. The molecule has 0 aliphatic rings. The van der Waals surface area contributed by atoms with Gasteiger partial charge in [0.05, 0.1) is 34.2 Å². The maximum atomic E-state index is 6.61. The van der Waals surface area contributed by atoms with Crippen molar-refractivity contribution in [3.8, 4) is 78.7 Å². The van der Waals surface area contributed by atoms with E-state index in [1.54, 1.807) is 0 Å². The quantitative estimate of drug-likeness (QED) is 0.160. The molecule has 0 fully saturated rings. The Balaban J connectivity index is 0.899. The molecule has 0 radical (unpaired) electrons. The monoisotopic (exact) mass is 794 g/mol. The third-order valence-corrected chi connectivity index (χ3v) is 11.7. The maximum Gasteiger partial charge on any atom is 0.144 e. The van der Waals surface area contributed by atoms with Gasteiger partial charge >= 0.3 is 0 Å². The average molecular weight is 795 g/mol. The molecule has 290 valence electrons. The Hall–Kier alpha value is -8.48. The van der Waals surface area contributed by atoms with Crippen molar-refractivity contribution >= 4 is 43.9 Å². The number of benzene rings is 6. The third-order valence-electron chi connectivity index (χ3n) is 11.7. The molecule has 0 N–H and O–H groups in total. The summed E-state index contributed by atoms with van der Waals surface area (Å²) in [6, 6.07) is 66.3. The van der Waals surface area contributed by atoms with Crippen LogP contribution in [0.4, 0.5) is 0 Å². The van der Waals surface area contributed by atoms with Crippen molar-refractivity contribution < 1.29 is 8.83 Å². The molecule has 0 aliphatic heterocycles. The molecule has 6 aromatic carbocycles. The van der Waals surface area contributed by atoms with Gasteiger partial charge in [0.2, 0.25) is 0 Å². The van der Waals surface area contributed by atoms with Gasteiger partial charge in [0.25, 0.3) is 0 Å². The highest BCUT2D eigenvalue weighted by Crippen LogP contribution is 2.41. The first-order valence-electron chi connectivity index (χ1n) is 20.6. The van der Waals surface area contributed by atoms with E-state index in [9.17, 15) is 0 Å². The molecule has 0 bridgehead atoms. The predicted octanol–water partition coefficient (Wildman–Crippen LogP) is 14.7. The van der Waals surface area contributed by atoms with Gasteiger partial charge in [0.15, 0.2) is 0 Å². The standard InChI is InChI=1S/C56H34N4O2/c1-3-15-39(47-21-5-7-31-57-47)37(13-1)35-27-29-53-45(33-35)41-17-9-19-43(55(41)61-53)49-23-11-25-51(59-49)52-26-12-24-50(60-52)44-20-10-18-42-46-34-36(28-30-54(46)62-56(42)44)38-14-2-4-16-40(38)48-22-6-8-32-58-48/h1-34H. The molecular weight excluding hydrogens is 761 g/mol. The van der Waals surface area contributed by atoms with Crippen molar-refractivity contribution in [2.45, 2.75) is 0 Å². The summed E-state index contributed by atoms with van der Waals surface area (Å²) in [6.07, 6.45) is 3.67. The molecule has 0 spiro atoms. The van der Waals surface area contributed by atoms with E-state index in [0.29, 0.717) is 0 Å². The van der Waals surface area contributed by atoms with Crippen LogP contribution in [0.25, 0.3) is 123 Å². The van der Waals surface area contributed by atoms with E-state index in [0.717, 1.165) is 123 Å². The fourth-order valence-corrected chi connectivity index (χ4v) is 8.75. The van der Waals surface area contributed by atoms with Gasteiger partial charge in [-0.25, -0.2) is 9.97 Å². The number of hydrogen-bond acceptors (Lipinski definition) is 6. The lowest BCUT2D eigenvalue weighted by Crippen LogP contribution is -1.92. The van der Waals surface area contributed by atoms with Gasteiger partial charge in [-0.15, -0.1) is 0 Å². The molecule has 62 heavy (non-hydrogen) atoms. The lowest BCUT2D eigenvalue weighted by Gasteiger charge is -2.09. The lowest BCUT2D eigenvalue weighted by atomic mass is 9.96. The Morgan fingerprint density at radius 2 is 0.661 bits per heavy atom. The average Bonchev–Trinajstić information content (AvgIpc) is 3.92. The number of hydrogen-bond donors (Lipinski definition) is 0. The van der Waals surface area contributed by atoms with Gasteiger partial charge in [-0.2, -0.15) is 0 Å². The molecule has 12 aromatic rings. The first-order chi connectivity index (χ1) is 30.7. The molecule has 0 saturated heterocycles. The minimum Gasteiger partial charge on any atom is -0.455 e. The van der Waals surface area contributed by atoms with Crippen LogP contribution in [0.2, 0.25) is 0 Å². The van der Waals surface area contributed by atoms with Crippen LogP contribution in [0.5, 0.6) is 0 Å². The second-order valence-corrected chi connectivity index (χ2v) is 15.3. The van der Waals surface area contributed by atoms with E-state index >= 15 is 0 Å². The number of furan rings is 2. The molecule has 0 saturated carbocycles. The molecule has 6 heteroatoms. The number of nitrogens with zero attached hydrogens (tertiary/aromatic N) is 4. The van der Waals surface area contributed by atoms with Gasteiger partial charge in [0.1, 0.15) is 22.3 Å². The summed E-state index contributed by atoms with van der Waals surface area (Å²) in [5.41, 5.74) is 16.7. The van der Waals surface area contributed by atoms with E-state index in [-0.39, 0.29) is 0 Å². The molecule has 0 unspecified atom stereocenters. The van der Waals surface area contributed by atoms with Crippen LogP contribution in [0, 0.1) is 0 Å². The van der Waals surface area contributed by atoms with E-state index in [1.165, 1.54) is 0 Å². The zero-order valence-electron chi connectivity index (χ0n) is 33.2. The van der Waals surface area contributed by atoms with Gasteiger partial charge in [-0.1, -0.05) is 109 Å². The molecule has 0 amide bonds. The first kappa shape index (κ1) is 35.5. The lowest BCUT2D eigenvalue weighted by molar-refractivity contribution is 0.669. The van der Waals surface area contributed by atoms with Gasteiger partial charge in [0, 0.05) is 56.2 Å². The Morgan fingerprint density at radius 1 is 0.274 bits per heavy atom. The second kappa shape index (κ2) is 14.7. The van der Waals surface area contributed by atoms with Crippen molar-refractivity contribution in [2.75, 3.05) is 0 Å². The second-order valence-electron chi connectivity index (χ2n) is 15.3. The Kier molecular flexibility index (Phi) is 8.38. The Bertz CT molecular complexity index is 3410. The highest BCUT2D eigenvalue weighted by atomic mass is 16.3. The highest BCUT2D eigenvalue weighted by Gasteiger charge is 2.19. The topological polar surface area (TPSA) is 77.8 Å². The van der Waals surface area contributed by atoms with E-state index in [2.05, 4.69) is 131 Å². The summed E-state index contributed by atoms with van der Waals surface area (Å²) < 4.78 is 13.2. The van der Waals surface area contributed by atoms with Gasteiger partial charge in [-0.3, -0.25) is 9.97 Å². The maximum absolute atomic E-state index is 6.61. The SMILES string of the molecule is c1ccc(-c2ccccc2-c2ccc3oc4c(-c5cccc(-c6cccc(-c7cccc8c7oc7ccc(-c9ccccc9-c9ccccn9)cc78)n6)n5)cccc4c3c2)nc1. The number of fused-ring (bicyclic) bond motifs is 6. The summed E-state index contributed by atoms with van der Waals surface area (Å²) >= 11 is 0. The summed E-state index contributed by atoms with van der Waals surface area (Å²) in [5, 5.41) is 4.16. The van der Waals surface area contributed by atoms with Crippen molar-refractivity contribution in [2.24, 2.45) is 0 Å². The summed E-state index contributed by atoms with van der Waals surface area (Å²) in [7, 11) is 0.